The van der Waals surface area contributed by atoms with Crippen LogP contribution in [-0.4, -0.2) is 65.8 Å². The molecular formula is C18H32N6. The Hall–Kier alpha value is -1.56. The van der Waals surface area contributed by atoms with Gasteiger partial charge in [-0.15, -0.1) is 0 Å². The number of hydrogen-bond acceptors (Lipinski definition) is 3. The Kier molecular flexibility index (Phi) is 5.13. The third kappa shape index (κ3) is 3.58. The molecule has 1 atom stereocenters. The van der Waals surface area contributed by atoms with E-state index in [1.807, 2.05) is 17.9 Å². The second-order valence-electron chi connectivity index (χ2n) is 7.65. The van der Waals surface area contributed by atoms with Crippen LogP contribution in [0, 0.1) is 5.41 Å². The molecule has 0 amide bonds. The number of rotatable bonds is 5. The van der Waals surface area contributed by atoms with Crippen LogP contribution >= 0.6 is 0 Å². The minimum Gasteiger partial charge on any atom is -0.357 e. The van der Waals surface area contributed by atoms with Crippen molar-refractivity contribution in [3.05, 3.63) is 18.0 Å². The number of likely N-dealkylation sites (tertiary alicyclic amines) is 1. The minimum absolute atomic E-state index is 0.257. The third-order valence-electron chi connectivity index (χ3n) is 5.63. The van der Waals surface area contributed by atoms with Gasteiger partial charge in [-0.05, 0) is 45.7 Å². The molecule has 2 fully saturated rings. The van der Waals surface area contributed by atoms with Crippen LogP contribution in [0.25, 0.3) is 0 Å². The topological polar surface area (TPSA) is 48.7 Å². The van der Waals surface area contributed by atoms with Gasteiger partial charge >= 0.3 is 0 Å². The van der Waals surface area contributed by atoms with Crippen LogP contribution < -0.4 is 5.32 Å². The van der Waals surface area contributed by atoms with E-state index in [9.17, 15) is 0 Å². The van der Waals surface area contributed by atoms with E-state index in [0.29, 0.717) is 5.41 Å². The monoisotopic (exact) mass is 332 g/mol. The van der Waals surface area contributed by atoms with Crippen LogP contribution in [0.4, 0.5) is 0 Å². The van der Waals surface area contributed by atoms with Crippen LogP contribution in [0.1, 0.15) is 44.2 Å². The number of likely N-dealkylation sites (N-methyl/N-ethyl adjacent to an activating group) is 1. The van der Waals surface area contributed by atoms with E-state index in [1.54, 1.807) is 0 Å². The number of aromatic nitrogens is 2. The summed E-state index contributed by atoms with van der Waals surface area (Å²) in [5.41, 5.74) is 1.82. The summed E-state index contributed by atoms with van der Waals surface area (Å²) in [5, 5.41) is 7.81. The number of nitrogens with zero attached hydrogens (tertiary/aromatic N) is 5. The lowest BCUT2D eigenvalue weighted by molar-refractivity contribution is 0.151. The van der Waals surface area contributed by atoms with Gasteiger partial charge in [0.15, 0.2) is 5.96 Å². The van der Waals surface area contributed by atoms with E-state index in [4.69, 9.17) is 4.99 Å². The average molecular weight is 332 g/mol. The maximum atomic E-state index is 4.98. The number of nitrogens with one attached hydrogen (secondary N) is 1. The number of aliphatic imine (C=N–C) groups is 1. The first kappa shape index (κ1) is 17.3. The first-order valence-corrected chi connectivity index (χ1v) is 9.21. The summed E-state index contributed by atoms with van der Waals surface area (Å²) in [6.45, 7) is 6.14. The third-order valence-corrected chi connectivity index (χ3v) is 5.63. The fourth-order valence-corrected chi connectivity index (χ4v) is 3.98. The zero-order valence-corrected chi connectivity index (χ0v) is 15.6. The lowest BCUT2D eigenvalue weighted by Gasteiger charge is -2.38. The van der Waals surface area contributed by atoms with Crippen molar-refractivity contribution in [3.63, 3.8) is 0 Å². The Morgan fingerprint density at radius 2 is 2.21 bits per heavy atom. The zero-order valence-electron chi connectivity index (χ0n) is 15.6. The fourth-order valence-electron chi connectivity index (χ4n) is 3.98. The molecule has 1 spiro atoms. The Bertz CT molecular complexity index is 572. The summed E-state index contributed by atoms with van der Waals surface area (Å²) in [7, 11) is 6.19. The van der Waals surface area contributed by atoms with E-state index in [0.717, 1.165) is 25.6 Å². The molecule has 1 saturated carbocycles. The van der Waals surface area contributed by atoms with E-state index in [2.05, 4.69) is 47.4 Å². The van der Waals surface area contributed by atoms with Gasteiger partial charge in [0, 0.05) is 38.4 Å². The van der Waals surface area contributed by atoms with Crippen molar-refractivity contribution in [1.29, 1.82) is 0 Å². The van der Waals surface area contributed by atoms with Crippen LogP contribution in [0.2, 0.25) is 0 Å². The van der Waals surface area contributed by atoms with Crippen molar-refractivity contribution in [2.75, 3.05) is 40.3 Å². The predicted octanol–water partition coefficient (Wildman–Crippen LogP) is 1.86. The SMILES string of the molecule is CCNC(=NCC(c1cnn(C)c1)N(C)C)N1CCC2(CCC2)C1. The molecule has 1 unspecified atom stereocenters. The highest BCUT2D eigenvalue weighted by Gasteiger charge is 2.43. The Balaban J connectivity index is 1.70. The average Bonchev–Trinajstić information content (AvgIpc) is 3.12. The number of guanidine groups is 1. The van der Waals surface area contributed by atoms with Crippen LogP contribution in [-0.2, 0) is 7.05 Å². The van der Waals surface area contributed by atoms with Gasteiger partial charge in [-0.3, -0.25) is 9.67 Å². The van der Waals surface area contributed by atoms with Gasteiger partial charge < -0.3 is 15.1 Å². The van der Waals surface area contributed by atoms with Crippen molar-refractivity contribution in [3.8, 4) is 0 Å². The molecule has 3 rings (SSSR count). The highest BCUT2D eigenvalue weighted by atomic mass is 15.3. The Morgan fingerprint density at radius 3 is 2.71 bits per heavy atom. The smallest absolute Gasteiger partial charge is 0.194 e. The molecule has 6 nitrogen and oxygen atoms in total. The van der Waals surface area contributed by atoms with Crippen LogP contribution in [0.3, 0.4) is 0 Å². The standard InChI is InChI=1S/C18H32N6/c1-5-19-17(24-10-9-18(14-24)7-6-8-18)20-12-16(22(2)3)15-11-21-23(4)13-15/h11,13,16H,5-10,12,14H2,1-4H3,(H,19,20). The summed E-state index contributed by atoms with van der Waals surface area (Å²) in [4.78, 5) is 9.67. The molecule has 1 aromatic rings. The van der Waals surface area contributed by atoms with Gasteiger partial charge in [0.1, 0.15) is 0 Å². The van der Waals surface area contributed by atoms with Gasteiger partial charge in [-0.2, -0.15) is 5.10 Å². The van der Waals surface area contributed by atoms with Gasteiger partial charge in [0.2, 0.25) is 0 Å². The molecule has 1 aliphatic carbocycles. The Morgan fingerprint density at radius 1 is 1.42 bits per heavy atom. The summed E-state index contributed by atoms with van der Waals surface area (Å²) in [6, 6.07) is 0.257. The van der Waals surface area contributed by atoms with Crippen molar-refractivity contribution in [1.82, 2.24) is 24.9 Å². The summed E-state index contributed by atoms with van der Waals surface area (Å²) in [5.74, 6) is 1.08. The summed E-state index contributed by atoms with van der Waals surface area (Å²) in [6.07, 6.45) is 9.58. The molecule has 1 aliphatic heterocycles. The van der Waals surface area contributed by atoms with Crippen molar-refractivity contribution < 1.29 is 0 Å². The number of hydrogen-bond donors (Lipinski definition) is 1. The second kappa shape index (κ2) is 7.13. The second-order valence-corrected chi connectivity index (χ2v) is 7.65. The highest BCUT2D eigenvalue weighted by molar-refractivity contribution is 5.80. The predicted molar refractivity (Wildman–Crippen MR) is 98.1 cm³/mol. The fraction of sp³-hybridized carbons (Fsp3) is 0.778. The molecule has 6 heteroatoms. The lowest BCUT2D eigenvalue weighted by atomic mass is 9.68. The Labute approximate surface area is 145 Å². The first-order valence-electron chi connectivity index (χ1n) is 9.21. The van der Waals surface area contributed by atoms with Gasteiger partial charge in [0.05, 0.1) is 18.8 Å². The van der Waals surface area contributed by atoms with E-state index in [1.165, 1.54) is 37.8 Å². The van der Waals surface area contributed by atoms with Gasteiger partial charge in [-0.1, -0.05) is 6.42 Å². The summed E-state index contributed by atoms with van der Waals surface area (Å²) < 4.78 is 1.86. The van der Waals surface area contributed by atoms with Crippen molar-refractivity contribution in [2.45, 2.75) is 38.6 Å². The molecule has 24 heavy (non-hydrogen) atoms. The molecule has 134 valence electrons. The molecule has 1 aromatic heterocycles. The van der Waals surface area contributed by atoms with E-state index >= 15 is 0 Å². The normalized spacial score (nSPS) is 21.4. The zero-order chi connectivity index (χ0) is 17.2. The van der Waals surface area contributed by atoms with Crippen molar-refractivity contribution >= 4 is 5.96 Å². The van der Waals surface area contributed by atoms with E-state index in [-0.39, 0.29) is 6.04 Å². The maximum absolute atomic E-state index is 4.98. The molecule has 0 bridgehead atoms. The first-order chi connectivity index (χ1) is 11.5. The highest BCUT2D eigenvalue weighted by Crippen LogP contribution is 2.47. The van der Waals surface area contributed by atoms with Crippen LogP contribution in [0.15, 0.2) is 17.4 Å². The maximum Gasteiger partial charge on any atom is 0.194 e. The quantitative estimate of drug-likeness (QED) is 0.660. The molecule has 0 radical (unpaired) electrons. The van der Waals surface area contributed by atoms with Crippen LogP contribution in [0.5, 0.6) is 0 Å². The minimum atomic E-state index is 0.257. The van der Waals surface area contributed by atoms with Crippen molar-refractivity contribution in [2.24, 2.45) is 17.5 Å². The number of aryl methyl sites for hydroxylation is 1. The molecular weight excluding hydrogens is 300 g/mol. The molecule has 2 aliphatic rings. The van der Waals surface area contributed by atoms with E-state index < -0.39 is 0 Å². The molecule has 1 saturated heterocycles. The lowest BCUT2D eigenvalue weighted by Crippen LogP contribution is -2.43. The largest absolute Gasteiger partial charge is 0.357 e. The molecule has 1 N–H and O–H groups in total. The van der Waals surface area contributed by atoms with Gasteiger partial charge in [0.25, 0.3) is 0 Å². The molecule has 2 heterocycles. The summed E-state index contributed by atoms with van der Waals surface area (Å²) >= 11 is 0. The molecule has 0 aromatic carbocycles. The van der Waals surface area contributed by atoms with Gasteiger partial charge in [-0.25, -0.2) is 0 Å².